The van der Waals surface area contributed by atoms with E-state index in [0.717, 1.165) is 40.7 Å². The second kappa shape index (κ2) is 7.32. The van der Waals surface area contributed by atoms with Crippen molar-refractivity contribution in [3.05, 3.63) is 30.7 Å². The largest absolute Gasteiger partial charge is 0.383 e. The van der Waals surface area contributed by atoms with Crippen molar-refractivity contribution in [2.24, 2.45) is 5.92 Å². The van der Waals surface area contributed by atoms with Gasteiger partial charge in [-0.2, -0.15) is 5.10 Å². The topological polar surface area (TPSA) is 94.0 Å². The minimum absolute atomic E-state index is 0.0372. The molecule has 2 N–H and O–H groups in total. The number of carbonyl (C=O) groups is 1. The second-order valence-corrected chi connectivity index (χ2v) is 6.61. The third-order valence-electron chi connectivity index (χ3n) is 4.65. The fraction of sp³-hybridized carbons (Fsp3) is 0.368. The quantitative estimate of drug-likeness (QED) is 0.667. The van der Waals surface area contributed by atoms with Gasteiger partial charge in [0.1, 0.15) is 11.6 Å². The molecule has 0 saturated heterocycles. The lowest BCUT2D eigenvalue weighted by molar-refractivity contribution is -0.117. The predicted octanol–water partition coefficient (Wildman–Crippen LogP) is 2.53. The van der Waals surface area contributed by atoms with E-state index in [0.29, 0.717) is 19.0 Å². The highest BCUT2D eigenvalue weighted by Crippen LogP contribution is 2.33. The lowest BCUT2D eigenvalue weighted by Gasteiger charge is -2.11. The lowest BCUT2D eigenvalue weighted by atomic mass is 10.1. The number of carbonyl (C=O) groups excluding carboxylic acids is 1. The summed E-state index contributed by atoms with van der Waals surface area (Å²) in [7, 11) is 3.49. The van der Waals surface area contributed by atoms with E-state index in [1.165, 1.54) is 0 Å². The smallest absolute Gasteiger partial charge is 0.228 e. The molecule has 0 aliphatic heterocycles. The van der Waals surface area contributed by atoms with Crippen LogP contribution in [0, 0.1) is 5.92 Å². The standard InChI is InChI=1S/C19H22N6O2/c1-20-18-15-11-21-17(23-19(26)12-3-4-12)9-13(15)14(10-22-18)16-5-6-25(24-16)7-8-27-2/h5-6,9-12H,3-4,7-8H2,1-2H3,(H,20,22)(H,21,23,26). The molecule has 8 heteroatoms. The number of nitrogens with one attached hydrogen (secondary N) is 2. The zero-order chi connectivity index (χ0) is 18.8. The first-order chi connectivity index (χ1) is 13.2. The zero-order valence-corrected chi connectivity index (χ0v) is 15.4. The predicted molar refractivity (Wildman–Crippen MR) is 104 cm³/mol. The first-order valence-corrected chi connectivity index (χ1v) is 8.99. The molecule has 3 heterocycles. The highest BCUT2D eigenvalue weighted by molar-refractivity contribution is 6.03. The van der Waals surface area contributed by atoms with Gasteiger partial charge in [0.2, 0.25) is 5.91 Å². The number of aromatic nitrogens is 4. The van der Waals surface area contributed by atoms with Crippen molar-refractivity contribution in [3.8, 4) is 11.3 Å². The molecular weight excluding hydrogens is 344 g/mol. The fourth-order valence-electron chi connectivity index (χ4n) is 3.00. The fourth-order valence-corrected chi connectivity index (χ4v) is 3.00. The molecule has 27 heavy (non-hydrogen) atoms. The van der Waals surface area contributed by atoms with E-state index in [4.69, 9.17) is 4.74 Å². The van der Waals surface area contributed by atoms with Gasteiger partial charge in [0.05, 0.1) is 18.8 Å². The Bertz CT molecular complexity index is 979. The Kier molecular flexibility index (Phi) is 4.72. The number of hydrogen-bond acceptors (Lipinski definition) is 6. The minimum Gasteiger partial charge on any atom is -0.383 e. The van der Waals surface area contributed by atoms with E-state index < -0.39 is 0 Å². The maximum atomic E-state index is 12.1. The summed E-state index contributed by atoms with van der Waals surface area (Å²) in [5, 5.41) is 12.4. The molecule has 0 atom stereocenters. The molecule has 0 bridgehead atoms. The molecule has 1 amide bonds. The van der Waals surface area contributed by atoms with Crippen LogP contribution >= 0.6 is 0 Å². The molecule has 3 aromatic rings. The van der Waals surface area contributed by atoms with E-state index in [2.05, 4.69) is 25.7 Å². The summed E-state index contributed by atoms with van der Waals surface area (Å²) in [5.74, 6) is 1.45. The van der Waals surface area contributed by atoms with Crippen LogP contribution in [0.15, 0.2) is 30.7 Å². The van der Waals surface area contributed by atoms with Crippen molar-refractivity contribution in [2.45, 2.75) is 19.4 Å². The molecule has 0 unspecified atom stereocenters. The van der Waals surface area contributed by atoms with Crippen LogP contribution in [0.4, 0.5) is 11.6 Å². The van der Waals surface area contributed by atoms with Gasteiger partial charge in [0, 0.05) is 55.0 Å². The van der Waals surface area contributed by atoms with E-state index >= 15 is 0 Å². The molecule has 0 aromatic carbocycles. The molecule has 1 fully saturated rings. The number of pyridine rings is 2. The average molecular weight is 366 g/mol. The Morgan fingerprint density at radius 3 is 2.89 bits per heavy atom. The molecule has 1 aliphatic carbocycles. The number of amides is 1. The minimum atomic E-state index is 0.0372. The van der Waals surface area contributed by atoms with Crippen LogP contribution in [0.2, 0.25) is 0 Å². The number of ether oxygens (including phenoxy) is 1. The van der Waals surface area contributed by atoms with Gasteiger partial charge >= 0.3 is 0 Å². The summed E-state index contributed by atoms with van der Waals surface area (Å²) in [4.78, 5) is 21.0. The van der Waals surface area contributed by atoms with Crippen LogP contribution in [-0.4, -0.2) is 46.4 Å². The Hall–Kier alpha value is -3.00. The van der Waals surface area contributed by atoms with E-state index in [-0.39, 0.29) is 11.8 Å². The molecule has 3 aromatic heterocycles. The highest BCUT2D eigenvalue weighted by atomic mass is 16.5. The summed E-state index contributed by atoms with van der Waals surface area (Å²) < 4.78 is 6.95. The van der Waals surface area contributed by atoms with E-state index in [9.17, 15) is 4.79 Å². The van der Waals surface area contributed by atoms with Gasteiger partial charge in [-0.15, -0.1) is 0 Å². The first-order valence-electron chi connectivity index (χ1n) is 8.99. The molecule has 0 spiro atoms. The van der Waals surface area contributed by atoms with E-state index in [1.807, 2.05) is 30.1 Å². The molecule has 1 saturated carbocycles. The lowest BCUT2D eigenvalue weighted by Crippen LogP contribution is -2.14. The molecule has 140 valence electrons. The Morgan fingerprint density at radius 1 is 1.30 bits per heavy atom. The third kappa shape index (κ3) is 3.61. The Balaban J connectivity index is 1.74. The van der Waals surface area contributed by atoms with Crippen LogP contribution in [-0.2, 0) is 16.1 Å². The van der Waals surface area contributed by atoms with Crippen molar-refractivity contribution in [1.82, 2.24) is 19.7 Å². The van der Waals surface area contributed by atoms with Crippen molar-refractivity contribution < 1.29 is 9.53 Å². The zero-order valence-electron chi connectivity index (χ0n) is 15.4. The van der Waals surface area contributed by atoms with Crippen LogP contribution in [0.5, 0.6) is 0 Å². The number of methoxy groups -OCH3 is 1. The normalized spacial score (nSPS) is 13.7. The van der Waals surface area contributed by atoms with Crippen LogP contribution < -0.4 is 10.6 Å². The number of nitrogens with zero attached hydrogens (tertiary/aromatic N) is 4. The SMILES string of the molecule is CNc1ncc(-c2ccn(CCOC)n2)c2cc(NC(=O)C3CC3)ncc12. The number of anilines is 2. The Morgan fingerprint density at radius 2 is 2.15 bits per heavy atom. The van der Waals surface area contributed by atoms with Gasteiger partial charge in [-0.25, -0.2) is 9.97 Å². The van der Waals surface area contributed by atoms with Crippen molar-refractivity contribution in [1.29, 1.82) is 0 Å². The van der Waals surface area contributed by atoms with Gasteiger partial charge in [-0.3, -0.25) is 9.48 Å². The third-order valence-corrected chi connectivity index (χ3v) is 4.65. The van der Waals surface area contributed by atoms with Gasteiger partial charge in [0.15, 0.2) is 0 Å². The average Bonchev–Trinajstić information content (AvgIpc) is 3.44. The van der Waals surface area contributed by atoms with Gasteiger partial charge in [-0.05, 0) is 25.0 Å². The molecule has 0 radical (unpaired) electrons. The monoisotopic (exact) mass is 366 g/mol. The summed E-state index contributed by atoms with van der Waals surface area (Å²) in [6.45, 7) is 1.28. The summed E-state index contributed by atoms with van der Waals surface area (Å²) in [6.07, 6.45) is 7.36. The molecule has 8 nitrogen and oxygen atoms in total. The second-order valence-electron chi connectivity index (χ2n) is 6.61. The van der Waals surface area contributed by atoms with E-state index in [1.54, 1.807) is 19.5 Å². The molecular formula is C19H22N6O2. The summed E-state index contributed by atoms with van der Waals surface area (Å²) in [5.41, 5.74) is 1.71. The maximum Gasteiger partial charge on any atom is 0.228 e. The first kappa shape index (κ1) is 17.4. The molecule has 4 rings (SSSR count). The highest BCUT2D eigenvalue weighted by Gasteiger charge is 2.29. The summed E-state index contributed by atoms with van der Waals surface area (Å²) in [6, 6.07) is 3.84. The van der Waals surface area contributed by atoms with Crippen molar-refractivity contribution >= 4 is 28.3 Å². The van der Waals surface area contributed by atoms with Crippen molar-refractivity contribution in [2.75, 3.05) is 31.4 Å². The maximum absolute atomic E-state index is 12.1. The van der Waals surface area contributed by atoms with Crippen LogP contribution in [0.3, 0.4) is 0 Å². The molecule has 1 aliphatic rings. The van der Waals surface area contributed by atoms with Crippen LogP contribution in [0.25, 0.3) is 22.0 Å². The van der Waals surface area contributed by atoms with Gasteiger partial charge in [0.25, 0.3) is 0 Å². The number of rotatable bonds is 7. The Labute approximate surface area is 157 Å². The van der Waals surface area contributed by atoms with Crippen LogP contribution in [0.1, 0.15) is 12.8 Å². The van der Waals surface area contributed by atoms with Gasteiger partial charge < -0.3 is 15.4 Å². The summed E-state index contributed by atoms with van der Waals surface area (Å²) >= 11 is 0. The van der Waals surface area contributed by atoms with Crippen molar-refractivity contribution in [3.63, 3.8) is 0 Å². The van der Waals surface area contributed by atoms with Gasteiger partial charge in [-0.1, -0.05) is 0 Å². The number of fused-ring (bicyclic) bond motifs is 1. The number of hydrogen-bond donors (Lipinski definition) is 2.